The molecule has 2 rings (SSSR count). The summed E-state index contributed by atoms with van der Waals surface area (Å²) in [7, 11) is 0. The molecule has 0 bridgehead atoms. The van der Waals surface area contributed by atoms with Gasteiger partial charge in [0.05, 0.1) is 11.0 Å². The van der Waals surface area contributed by atoms with E-state index < -0.39 is 11.0 Å². The quantitative estimate of drug-likeness (QED) is 0.650. The second-order valence-electron chi connectivity index (χ2n) is 4.17. The minimum atomic E-state index is -0.555. The van der Waals surface area contributed by atoms with E-state index in [2.05, 4.69) is 5.32 Å². The molecule has 100 valence electrons. The van der Waals surface area contributed by atoms with E-state index in [1.165, 1.54) is 0 Å². The van der Waals surface area contributed by atoms with Gasteiger partial charge in [-0.15, -0.1) is 0 Å². The number of anilines is 1. The van der Waals surface area contributed by atoms with Crippen molar-refractivity contribution in [3.63, 3.8) is 0 Å². The number of hydrogen-bond donors (Lipinski definition) is 2. The highest BCUT2D eigenvalue weighted by molar-refractivity contribution is 7.13. The molecule has 6 heteroatoms. The van der Waals surface area contributed by atoms with Gasteiger partial charge in [-0.1, -0.05) is 29.5 Å². The molecule has 0 saturated carbocycles. The second kappa shape index (κ2) is 5.81. The SMILES string of the molecule is CC(O)c1ccccc1NCc1csc([N+](=O)[O-])c1. The van der Waals surface area contributed by atoms with Gasteiger partial charge in [0.15, 0.2) is 0 Å². The number of rotatable bonds is 5. The number of aliphatic hydroxyl groups is 1. The van der Waals surface area contributed by atoms with Crippen LogP contribution >= 0.6 is 11.3 Å². The number of aliphatic hydroxyl groups excluding tert-OH is 1. The fraction of sp³-hybridized carbons (Fsp3) is 0.231. The largest absolute Gasteiger partial charge is 0.389 e. The van der Waals surface area contributed by atoms with Gasteiger partial charge in [-0.3, -0.25) is 10.1 Å². The van der Waals surface area contributed by atoms with Crippen LogP contribution in [-0.2, 0) is 6.54 Å². The van der Waals surface area contributed by atoms with Crippen LogP contribution in [0.25, 0.3) is 0 Å². The lowest BCUT2D eigenvalue weighted by Gasteiger charge is -2.13. The van der Waals surface area contributed by atoms with Crippen molar-refractivity contribution in [3.8, 4) is 0 Å². The molecule has 0 saturated heterocycles. The zero-order valence-electron chi connectivity index (χ0n) is 10.4. The monoisotopic (exact) mass is 278 g/mol. The topological polar surface area (TPSA) is 75.4 Å². The van der Waals surface area contributed by atoms with Crippen LogP contribution in [0.15, 0.2) is 35.7 Å². The van der Waals surface area contributed by atoms with Crippen molar-refractivity contribution in [2.75, 3.05) is 5.32 Å². The van der Waals surface area contributed by atoms with Gasteiger partial charge in [0, 0.05) is 29.2 Å². The third-order valence-electron chi connectivity index (χ3n) is 2.71. The van der Waals surface area contributed by atoms with Crippen LogP contribution < -0.4 is 5.32 Å². The molecule has 1 atom stereocenters. The Balaban J connectivity index is 2.08. The maximum absolute atomic E-state index is 10.6. The van der Waals surface area contributed by atoms with E-state index in [0.717, 1.165) is 28.2 Å². The molecular formula is C13H14N2O3S. The molecule has 2 aromatic rings. The average Bonchev–Trinajstić information content (AvgIpc) is 2.85. The second-order valence-corrected chi connectivity index (χ2v) is 5.06. The molecule has 0 amide bonds. The molecular weight excluding hydrogens is 264 g/mol. The fourth-order valence-electron chi connectivity index (χ4n) is 1.77. The van der Waals surface area contributed by atoms with Crippen LogP contribution in [0.1, 0.15) is 24.2 Å². The van der Waals surface area contributed by atoms with Gasteiger partial charge >= 0.3 is 5.00 Å². The molecule has 0 aliphatic heterocycles. The third kappa shape index (κ3) is 3.30. The number of nitrogens with zero attached hydrogens (tertiary/aromatic N) is 1. The van der Waals surface area contributed by atoms with Gasteiger partial charge in [-0.05, 0) is 18.6 Å². The summed E-state index contributed by atoms with van der Waals surface area (Å²) in [6.45, 7) is 2.20. The third-order valence-corrected chi connectivity index (χ3v) is 3.64. The Morgan fingerprint density at radius 2 is 2.21 bits per heavy atom. The first-order valence-corrected chi connectivity index (χ1v) is 6.68. The molecule has 1 aromatic heterocycles. The number of para-hydroxylation sites is 1. The van der Waals surface area contributed by atoms with E-state index in [-0.39, 0.29) is 5.00 Å². The van der Waals surface area contributed by atoms with Gasteiger partial charge in [-0.25, -0.2) is 0 Å². The summed E-state index contributed by atoms with van der Waals surface area (Å²) in [6, 6.07) is 9.03. The Morgan fingerprint density at radius 3 is 2.84 bits per heavy atom. The molecule has 0 aliphatic carbocycles. The van der Waals surface area contributed by atoms with Gasteiger partial charge in [0.1, 0.15) is 0 Å². The van der Waals surface area contributed by atoms with Crippen LogP contribution in [0.3, 0.4) is 0 Å². The Kier molecular flexibility index (Phi) is 4.13. The van der Waals surface area contributed by atoms with Gasteiger partial charge in [0.25, 0.3) is 0 Å². The number of nitrogens with one attached hydrogen (secondary N) is 1. The van der Waals surface area contributed by atoms with Gasteiger partial charge < -0.3 is 10.4 Å². The molecule has 0 fully saturated rings. The molecule has 1 heterocycles. The summed E-state index contributed by atoms with van der Waals surface area (Å²) >= 11 is 1.11. The first-order valence-electron chi connectivity index (χ1n) is 5.80. The number of nitro groups is 1. The summed E-state index contributed by atoms with van der Waals surface area (Å²) in [5, 5.41) is 25.3. The van der Waals surface area contributed by atoms with Crippen molar-refractivity contribution in [2.24, 2.45) is 0 Å². The molecule has 19 heavy (non-hydrogen) atoms. The smallest absolute Gasteiger partial charge is 0.324 e. The van der Waals surface area contributed by atoms with E-state index >= 15 is 0 Å². The molecule has 0 spiro atoms. The van der Waals surface area contributed by atoms with E-state index in [4.69, 9.17) is 0 Å². The van der Waals surface area contributed by atoms with Crippen molar-refractivity contribution in [3.05, 3.63) is 57.0 Å². The van der Waals surface area contributed by atoms with Crippen LogP contribution in [0.2, 0.25) is 0 Å². The van der Waals surface area contributed by atoms with Crippen LogP contribution in [-0.4, -0.2) is 10.0 Å². The van der Waals surface area contributed by atoms with Crippen LogP contribution in [0.4, 0.5) is 10.7 Å². The van der Waals surface area contributed by atoms with E-state index in [0.29, 0.717) is 6.54 Å². The predicted molar refractivity (Wildman–Crippen MR) is 75.4 cm³/mol. The van der Waals surface area contributed by atoms with E-state index in [1.54, 1.807) is 18.4 Å². The van der Waals surface area contributed by atoms with Crippen LogP contribution in [0, 0.1) is 10.1 Å². The minimum Gasteiger partial charge on any atom is -0.389 e. The highest BCUT2D eigenvalue weighted by atomic mass is 32.1. The maximum atomic E-state index is 10.6. The standard InChI is InChI=1S/C13H14N2O3S/c1-9(16)11-4-2-3-5-12(11)14-7-10-6-13(15(17)18)19-8-10/h2-6,8-9,14,16H,7H2,1H3. The van der Waals surface area contributed by atoms with E-state index in [1.807, 2.05) is 24.3 Å². The molecule has 5 nitrogen and oxygen atoms in total. The summed E-state index contributed by atoms with van der Waals surface area (Å²) in [5.41, 5.74) is 2.51. The molecule has 1 unspecified atom stereocenters. The zero-order valence-corrected chi connectivity index (χ0v) is 11.2. The number of benzene rings is 1. The lowest BCUT2D eigenvalue weighted by Crippen LogP contribution is -2.03. The van der Waals surface area contributed by atoms with Gasteiger partial charge in [-0.2, -0.15) is 0 Å². The molecule has 1 aromatic carbocycles. The maximum Gasteiger partial charge on any atom is 0.324 e. The number of thiophene rings is 1. The van der Waals surface area contributed by atoms with E-state index in [9.17, 15) is 15.2 Å². The Hall–Kier alpha value is -1.92. The first-order chi connectivity index (χ1) is 9.08. The van der Waals surface area contributed by atoms with Crippen molar-refractivity contribution >= 4 is 22.0 Å². The molecule has 2 N–H and O–H groups in total. The Morgan fingerprint density at radius 1 is 1.47 bits per heavy atom. The van der Waals surface area contributed by atoms with Gasteiger partial charge in [0.2, 0.25) is 0 Å². The summed E-state index contributed by atoms with van der Waals surface area (Å²) in [4.78, 5) is 10.2. The average molecular weight is 278 g/mol. The fourth-order valence-corrected chi connectivity index (χ4v) is 2.50. The lowest BCUT2D eigenvalue weighted by molar-refractivity contribution is -0.380. The van der Waals surface area contributed by atoms with Crippen molar-refractivity contribution < 1.29 is 10.0 Å². The predicted octanol–water partition coefficient (Wildman–Crippen LogP) is 3.32. The molecule has 0 aliphatic rings. The Labute approximate surface area is 114 Å². The first kappa shape index (κ1) is 13.5. The van der Waals surface area contributed by atoms with Crippen molar-refractivity contribution in [1.29, 1.82) is 0 Å². The lowest BCUT2D eigenvalue weighted by atomic mass is 10.1. The highest BCUT2D eigenvalue weighted by Gasteiger charge is 2.10. The molecule has 0 radical (unpaired) electrons. The zero-order chi connectivity index (χ0) is 13.8. The summed E-state index contributed by atoms with van der Waals surface area (Å²) in [6.07, 6.45) is -0.555. The highest BCUT2D eigenvalue weighted by Crippen LogP contribution is 2.25. The normalized spacial score (nSPS) is 12.1. The van der Waals surface area contributed by atoms with Crippen molar-refractivity contribution in [1.82, 2.24) is 0 Å². The Bertz CT molecular complexity index is 581. The minimum absolute atomic E-state index is 0.139. The van der Waals surface area contributed by atoms with Crippen LogP contribution in [0.5, 0.6) is 0 Å². The van der Waals surface area contributed by atoms with Crippen molar-refractivity contribution in [2.45, 2.75) is 19.6 Å². The number of hydrogen-bond acceptors (Lipinski definition) is 5. The summed E-state index contributed by atoms with van der Waals surface area (Å²) < 4.78 is 0. The summed E-state index contributed by atoms with van der Waals surface area (Å²) in [5.74, 6) is 0.